The molecule has 12 heteroatoms. The largest absolute Gasteiger partial charge is 0.496 e. The average Bonchev–Trinajstić information content (AvgIpc) is 2.94. The van der Waals surface area contributed by atoms with Gasteiger partial charge < -0.3 is 25.3 Å². The Bertz CT molecular complexity index is 1060. The number of ether oxygens (including phenoxy) is 1. The molecular formula is C30H49N5O7. The zero-order chi connectivity index (χ0) is 32.2. The predicted molar refractivity (Wildman–Crippen MR) is 164 cm³/mol. The van der Waals surface area contributed by atoms with E-state index < -0.39 is 42.1 Å². The van der Waals surface area contributed by atoms with Crippen molar-refractivity contribution in [3.05, 3.63) is 29.3 Å². The molecule has 3 N–H and O–H groups in total. The van der Waals surface area contributed by atoms with Crippen LogP contribution in [0.25, 0.3) is 0 Å². The third-order valence-corrected chi connectivity index (χ3v) is 6.15. The summed E-state index contributed by atoms with van der Waals surface area (Å²) in [6, 6.07) is 2.78. The first kappa shape index (κ1) is 38.2. The number of unbranched alkanes of at least 4 members (excludes halogenated alkanes) is 2. The van der Waals surface area contributed by atoms with Gasteiger partial charge in [-0.2, -0.15) is 0 Å². The third-order valence-electron chi connectivity index (χ3n) is 6.15. The molecule has 0 fully saturated rings. The number of carbonyl (C=O) groups is 4. The molecule has 0 radical (unpaired) electrons. The number of likely N-dealkylation sites (N-methyl/N-ethyl adjacent to an activating group) is 1. The summed E-state index contributed by atoms with van der Waals surface area (Å²) in [5.74, 6) is -2.43. The van der Waals surface area contributed by atoms with Crippen molar-refractivity contribution in [3.63, 3.8) is 0 Å². The maximum atomic E-state index is 13.2. The zero-order valence-corrected chi connectivity index (χ0v) is 26.4. The monoisotopic (exact) mass is 591 g/mol. The van der Waals surface area contributed by atoms with Crippen molar-refractivity contribution in [1.82, 2.24) is 15.5 Å². The molecule has 236 valence electrons. The predicted octanol–water partition coefficient (Wildman–Crippen LogP) is 3.06. The van der Waals surface area contributed by atoms with Crippen LogP contribution in [0.2, 0.25) is 0 Å². The highest BCUT2D eigenvalue weighted by Crippen LogP contribution is 2.22. The molecule has 2 amide bonds. The fourth-order valence-corrected chi connectivity index (χ4v) is 4.03. The van der Waals surface area contributed by atoms with E-state index >= 15 is 0 Å². The van der Waals surface area contributed by atoms with Crippen molar-refractivity contribution in [1.29, 1.82) is 0 Å². The van der Waals surface area contributed by atoms with Crippen LogP contribution in [-0.2, 0) is 30.4 Å². The van der Waals surface area contributed by atoms with Gasteiger partial charge in [-0.1, -0.05) is 52.6 Å². The molecule has 0 saturated heterocycles. The summed E-state index contributed by atoms with van der Waals surface area (Å²) in [6.07, 6.45) is 2.28. The van der Waals surface area contributed by atoms with E-state index in [1.54, 1.807) is 39.1 Å². The summed E-state index contributed by atoms with van der Waals surface area (Å²) in [6.45, 7) is 13.5. The number of oxime groups is 1. The quantitative estimate of drug-likeness (QED) is 0.102. The van der Waals surface area contributed by atoms with E-state index in [1.807, 2.05) is 18.7 Å². The van der Waals surface area contributed by atoms with Crippen LogP contribution in [-0.4, -0.2) is 92.6 Å². The fourth-order valence-electron chi connectivity index (χ4n) is 4.03. The smallest absolute Gasteiger partial charge is 0.305 e. The van der Waals surface area contributed by atoms with Crippen LogP contribution >= 0.6 is 0 Å². The van der Waals surface area contributed by atoms with E-state index in [9.17, 15) is 24.3 Å². The second-order valence-corrected chi connectivity index (χ2v) is 9.81. The molecule has 0 aliphatic heterocycles. The second-order valence-electron chi connectivity index (χ2n) is 9.81. The van der Waals surface area contributed by atoms with Crippen LogP contribution in [0.3, 0.4) is 0 Å². The van der Waals surface area contributed by atoms with Gasteiger partial charge in [0.1, 0.15) is 11.8 Å². The number of amides is 2. The summed E-state index contributed by atoms with van der Waals surface area (Å²) in [5.41, 5.74) is 1.06. The number of hydrogen-bond acceptors (Lipinski definition) is 9. The number of hydrogen-bond donors (Lipinski definition) is 3. The topological polar surface area (TPSA) is 159 Å². The Kier molecular flexibility index (Phi) is 19.1. The molecule has 1 aromatic carbocycles. The Hall–Kier alpha value is -3.80. The van der Waals surface area contributed by atoms with Gasteiger partial charge in [-0.05, 0) is 44.1 Å². The molecule has 0 saturated carbocycles. The molecular weight excluding hydrogens is 542 g/mol. The Labute approximate surface area is 249 Å². The molecule has 0 bridgehead atoms. The van der Waals surface area contributed by atoms with Gasteiger partial charge in [0, 0.05) is 24.9 Å². The summed E-state index contributed by atoms with van der Waals surface area (Å²) >= 11 is 0. The van der Waals surface area contributed by atoms with Crippen molar-refractivity contribution in [3.8, 4) is 5.75 Å². The minimum atomic E-state index is -1.22. The average molecular weight is 592 g/mol. The first-order valence-electron chi connectivity index (χ1n) is 14.3. The number of Topliss-reactive ketones (excluding diaryl/α,β-unsaturated/α-hetero) is 1. The fraction of sp³-hybridized carbons (Fsp3) is 0.600. The summed E-state index contributed by atoms with van der Waals surface area (Å²) in [5, 5.41) is 18.0. The highest BCUT2D eigenvalue weighted by atomic mass is 16.6. The lowest BCUT2D eigenvalue weighted by Crippen LogP contribution is -2.55. The van der Waals surface area contributed by atoms with Gasteiger partial charge in [0.15, 0.2) is 5.78 Å². The number of nitrogens with one attached hydrogen (secondary N) is 2. The maximum absolute atomic E-state index is 13.2. The Morgan fingerprint density at radius 1 is 1.12 bits per heavy atom. The van der Waals surface area contributed by atoms with Gasteiger partial charge in [-0.3, -0.25) is 29.1 Å². The molecule has 42 heavy (non-hydrogen) atoms. The van der Waals surface area contributed by atoms with E-state index in [1.165, 1.54) is 14.2 Å². The summed E-state index contributed by atoms with van der Waals surface area (Å²) < 4.78 is 5.38. The molecule has 0 aromatic heterocycles. The number of methoxy groups -OCH3 is 1. The molecule has 0 aliphatic carbocycles. The molecule has 2 unspecified atom stereocenters. The number of ketones is 1. The Morgan fingerprint density at radius 3 is 2.31 bits per heavy atom. The van der Waals surface area contributed by atoms with Crippen molar-refractivity contribution in [2.45, 2.75) is 78.8 Å². The molecule has 2 atom stereocenters. The van der Waals surface area contributed by atoms with Crippen LogP contribution in [0.5, 0.6) is 5.75 Å². The first-order chi connectivity index (χ1) is 20.0. The van der Waals surface area contributed by atoms with Gasteiger partial charge in [0.2, 0.25) is 11.8 Å². The van der Waals surface area contributed by atoms with Gasteiger partial charge in [0.25, 0.3) is 5.90 Å². The van der Waals surface area contributed by atoms with E-state index in [-0.39, 0.29) is 24.8 Å². The minimum Gasteiger partial charge on any atom is -0.496 e. The molecule has 12 nitrogen and oxygen atoms in total. The van der Waals surface area contributed by atoms with E-state index in [2.05, 4.69) is 34.4 Å². The number of aliphatic carboxylic acids is 1. The molecule has 0 aliphatic rings. The number of carboxylic acid groups (broad SMARTS) is 1. The molecule has 1 aromatic rings. The lowest BCUT2D eigenvalue weighted by atomic mass is 10.0. The van der Waals surface area contributed by atoms with Gasteiger partial charge in [-0.15, -0.1) is 0 Å². The highest BCUT2D eigenvalue weighted by molar-refractivity contribution is 5.96. The van der Waals surface area contributed by atoms with Gasteiger partial charge in [-0.25, -0.2) is 0 Å². The third kappa shape index (κ3) is 13.7. The normalized spacial score (nSPS) is 12.5. The number of aliphatic imine (C=N–C) groups is 1. The van der Waals surface area contributed by atoms with Crippen molar-refractivity contribution < 1.29 is 33.9 Å². The second kappa shape index (κ2) is 21.0. The number of carboxylic acids is 1. The van der Waals surface area contributed by atoms with Crippen LogP contribution in [0.4, 0.5) is 0 Å². The molecule has 0 spiro atoms. The lowest BCUT2D eigenvalue weighted by molar-refractivity contribution is -0.141. The highest BCUT2D eigenvalue weighted by Gasteiger charge is 2.30. The van der Waals surface area contributed by atoms with Crippen LogP contribution in [0.15, 0.2) is 28.3 Å². The minimum absolute atomic E-state index is 0.00488. The van der Waals surface area contributed by atoms with Gasteiger partial charge in [0.05, 0.1) is 32.5 Å². The zero-order valence-electron chi connectivity index (χ0n) is 26.4. The van der Waals surface area contributed by atoms with Crippen molar-refractivity contribution in [2.24, 2.45) is 16.1 Å². The number of carbonyl (C=O) groups excluding carboxylic acids is 3. The summed E-state index contributed by atoms with van der Waals surface area (Å²) in [4.78, 5) is 61.5. The standard InChI is InChI=1S/C28H43N5O7.C2H6/c1-8-9-10-13-33(6)17-22(34)21(16-25(36)37)31-27(38)26(18(2)3)32-24(35)15-20-14-19(11-12-23(20)39-7)28(29-4)40-30-5;1-2/h11-12,14,18,21,26H,5,8-10,13,15-17H2,1-4,6-7H3,(H,31,38)(H,32,35)(H,36,37);1-2H3. The summed E-state index contributed by atoms with van der Waals surface area (Å²) in [7, 11) is 4.77. The lowest BCUT2D eigenvalue weighted by Gasteiger charge is -2.26. The van der Waals surface area contributed by atoms with Crippen LogP contribution in [0, 0.1) is 5.92 Å². The van der Waals surface area contributed by atoms with Gasteiger partial charge >= 0.3 is 5.97 Å². The number of benzene rings is 1. The number of nitrogens with zero attached hydrogens (tertiary/aromatic N) is 3. The Morgan fingerprint density at radius 2 is 1.79 bits per heavy atom. The Balaban J connectivity index is 0.00000821. The number of rotatable bonds is 18. The van der Waals surface area contributed by atoms with Crippen molar-refractivity contribution >= 4 is 36.2 Å². The first-order valence-corrected chi connectivity index (χ1v) is 14.3. The van der Waals surface area contributed by atoms with Crippen LogP contribution < -0.4 is 15.4 Å². The maximum Gasteiger partial charge on any atom is 0.305 e. The van der Waals surface area contributed by atoms with E-state index in [0.29, 0.717) is 23.4 Å². The van der Waals surface area contributed by atoms with E-state index in [0.717, 1.165) is 19.3 Å². The molecule has 1 rings (SSSR count). The molecule has 0 heterocycles. The van der Waals surface area contributed by atoms with E-state index in [4.69, 9.17) is 9.57 Å². The van der Waals surface area contributed by atoms with Crippen molar-refractivity contribution in [2.75, 3.05) is 34.3 Å². The van der Waals surface area contributed by atoms with Crippen LogP contribution in [0.1, 0.15) is 71.4 Å². The SMILES string of the molecule is C=NOC(=NC)c1ccc(OC)c(CC(=O)NC(C(=O)NC(CC(=O)O)C(=O)CN(C)CCCCC)C(C)C)c1.CC.